The quantitative estimate of drug-likeness (QED) is 0.691. The molecule has 6 nitrogen and oxygen atoms in total. The van der Waals surface area contributed by atoms with Crippen LogP contribution in [0.1, 0.15) is 29.7 Å². The fourth-order valence-electron chi connectivity index (χ4n) is 4.69. The highest BCUT2D eigenvalue weighted by atomic mass is 16.2. The Balaban J connectivity index is 1.50. The Hall–Kier alpha value is -2.86. The first-order chi connectivity index (χ1) is 14.1. The molecule has 5 rings (SSSR count). The predicted molar refractivity (Wildman–Crippen MR) is 112 cm³/mol. The van der Waals surface area contributed by atoms with Crippen molar-refractivity contribution in [2.24, 2.45) is 5.92 Å². The number of benzene rings is 1. The first kappa shape index (κ1) is 18.2. The average molecular weight is 390 g/mol. The lowest BCUT2D eigenvalue weighted by atomic mass is 9.97. The van der Waals surface area contributed by atoms with Crippen molar-refractivity contribution >= 4 is 5.91 Å². The van der Waals surface area contributed by atoms with Gasteiger partial charge >= 0.3 is 0 Å². The molecule has 2 aromatic heterocycles. The molecule has 0 radical (unpaired) electrons. The summed E-state index contributed by atoms with van der Waals surface area (Å²) in [5.74, 6) is 1.42. The van der Waals surface area contributed by atoms with Crippen LogP contribution in [0, 0.1) is 12.8 Å². The van der Waals surface area contributed by atoms with Crippen LogP contribution in [0.25, 0.3) is 11.5 Å². The minimum absolute atomic E-state index is 0.108. The Bertz CT molecular complexity index is 1040. The molecule has 2 aliphatic rings. The number of aryl methyl sites for hydroxylation is 1. The van der Waals surface area contributed by atoms with Gasteiger partial charge in [-0.2, -0.15) is 5.10 Å². The number of hydrogen-bond donors (Lipinski definition) is 0. The standard InChI is InChI=1S/C23H27N5O/c1-17-8-3-4-10-21(17)28-22(26-12-5-6-13-26)19-15-27(16-20(19)24-28)23(29)18-9-7-11-25(2)14-18/h3-6,8,10,12-13,18H,7,9,11,14-16H2,1-2H3. The van der Waals surface area contributed by atoms with E-state index in [1.165, 1.54) is 5.56 Å². The topological polar surface area (TPSA) is 46.3 Å². The normalized spacial score (nSPS) is 19.5. The van der Waals surface area contributed by atoms with Gasteiger partial charge in [0.05, 0.1) is 30.4 Å². The number of aromatic nitrogens is 3. The van der Waals surface area contributed by atoms with Crippen LogP contribution in [0.15, 0.2) is 48.8 Å². The number of carbonyl (C=O) groups is 1. The van der Waals surface area contributed by atoms with E-state index in [0.29, 0.717) is 13.1 Å². The largest absolute Gasteiger partial charge is 0.332 e. The Morgan fingerprint density at radius 2 is 1.90 bits per heavy atom. The van der Waals surface area contributed by atoms with Crippen LogP contribution in [0.2, 0.25) is 0 Å². The van der Waals surface area contributed by atoms with Gasteiger partial charge in [0.15, 0.2) is 0 Å². The van der Waals surface area contributed by atoms with Gasteiger partial charge in [-0.1, -0.05) is 18.2 Å². The predicted octanol–water partition coefficient (Wildman–Crippen LogP) is 3.16. The molecular formula is C23H27N5O. The number of piperidine rings is 1. The SMILES string of the molecule is Cc1ccccc1-n1nc2c(c1-n1cccc1)CN(C(=O)C1CCCN(C)C1)C2. The molecule has 29 heavy (non-hydrogen) atoms. The third-order valence-electron chi connectivity index (χ3n) is 6.21. The molecule has 1 amide bonds. The van der Waals surface area contributed by atoms with Crippen molar-refractivity contribution in [3.05, 3.63) is 65.6 Å². The maximum absolute atomic E-state index is 13.2. The average Bonchev–Trinajstić information content (AvgIpc) is 3.43. The van der Waals surface area contributed by atoms with Crippen LogP contribution < -0.4 is 0 Å². The number of nitrogens with zero attached hydrogens (tertiary/aromatic N) is 5. The van der Waals surface area contributed by atoms with E-state index in [9.17, 15) is 4.79 Å². The fourth-order valence-corrected chi connectivity index (χ4v) is 4.69. The fraction of sp³-hybridized carbons (Fsp3) is 0.391. The second kappa shape index (κ2) is 7.19. The first-order valence-electron chi connectivity index (χ1n) is 10.4. The molecule has 1 fully saturated rings. The van der Waals surface area contributed by atoms with E-state index < -0.39 is 0 Å². The lowest BCUT2D eigenvalue weighted by molar-refractivity contribution is -0.137. The number of likely N-dealkylation sites (tertiary alicyclic amines) is 1. The molecule has 150 valence electrons. The Labute approximate surface area is 171 Å². The van der Waals surface area contributed by atoms with Gasteiger partial charge in [-0.3, -0.25) is 4.79 Å². The van der Waals surface area contributed by atoms with Crippen LogP contribution in [-0.2, 0) is 17.9 Å². The minimum atomic E-state index is 0.108. The first-order valence-corrected chi connectivity index (χ1v) is 10.4. The zero-order valence-corrected chi connectivity index (χ0v) is 17.1. The van der Waals surface area contributed by atoms with Gasteiger partial charge in [-0.15, -0.1) is 0 Å². The summed E-state index contributed by atoms with van der Waals surface area (Å²) in [4.78, 5) is 17.4. The van der Waals surface area contributed by atoms with Crippen LogP contribution in [-0.4, -0.2) is 50.2 Å². The summed E-state index contributed by atoms with van der Waals surface area (Å²) in [6.45, 7) is 5.29. The smallest absolute Gasteiger partial charge is 0.227 e. The molecule has 3 aromatic rings. The van der Waals surface area contributed by atoms with Gasteiger partial charge in [-0.25, -0.2) is 4.68 Å². The van der Waals surface area contributed by atoms with E-state index in [0.717, 1.165) is 48.7 Å². The lowest BCUT2D eigenvalue weighted by Crippen LogP contribution is -2.41. The summed E-state index contributed by atoms with van der Waals surface area (Å²) in [5, 5.41) is 4.96. The zero-order valence-electron chi connectivity index (χ0n) is 17.1. The van der Waals surface area contributed by atoms with E-state index in [1.807, 2.05) is 46.2 Å². The highest BCUT2D eigenvalue weighted by Crippen LogP contribution is 2.32. The van der Waals surface area contributed by atoms with Gasteiger partial charge < -0.3 is 14.4 Å². The van der Waals surface area contributed by atoms with Gasteiger partial charge in [0.25, 0.3) is 0 Å². The number of rotatable bonds is 3. The molecule has 4 heterocycles. The van der Waals surface area contributed by atoms with Gasteiger partial charge in [0.1, 0.15) is 5.82 Å². The van der Waals surface area contributed by atoms with Crippen LogP contribution in [0.3, 0.4) is 0 Å². The van der Waals surface area contributed by atoms with Crippen molar-refractivity contribution in [1.82, 2.24) is 24.1 Å². The summed E-state index contributed by atoms with van der Waals surface area (Å²) in [5.41, 5.74) is 4.43. The molecule has 1 unspecified atom stereocenters. The van der Waals surface area contributed by atoms with Crippen molar-refractivity contribution in [3.63, 3.8) is 0 Å². The molecule has 0 spiro atoms. The van der Waals surface area contributed by atoms with Crippen LogP contribution >= 0.6 is 0 Å². The number of hydrogen-bond acceptors (Lipinski definition) is 3. The molecule has 6 heteroatoms. The van der Waals surface area contributed by atoms with Crippen molar-refractivity contribution in [1.29, 1.82) is 0 Å². The van der Waals surface area contributed by atoms with Gasteiger partial charge in [0, 0.05) is 24.5 Å². The lowest BCUT2D eigenvalue weighted by Gasteiger charge is -2.31. The van der Waals surface area contributed by atoms with Gasteiger partial charge in [-0.05, 0) is 57.1 Å². The summed E-state index contributed by atoms with van der Waals surface area (Å²) in [7, 11) is 2.11. The van der Waals surface area contributed by atoms with E-state index in [-0.39, 0.29) is 11.8 Å². The Morgan fingerprint density at radius 3 is 2.66 bits per heavy atom. The van der Waals surface area contributed by atoms with Gasteiger partial charge in [0.2, 0.25) is 5.91 Å². The maximum atomic E-state index is 13.2. The number of carbonyl (C=O) groups excluding carboxylic acids is 1. The molecule has 1 saturated heterocycles. The summed E-state index contributed by atoms with van der Waals surface area (Å²) in [6, 6.07) is 12.4. The molecule has 0 saturated carbocycles. The molecule has 2 aliphatic heterocycles. The Morgan fingerprint density at radius 1 is 1.10 bits per heavy atom. The van der Waals surface area contributed by atoms with Crippen LogP contribution in [0.4, 0.5) is 0 Å². The number of fused-ring (bicyclic) bond motifs is 1. The van der Waals surface area contributed by atoms with E-state index >= 15 is 0 Å². The number of amides is 1. The third kappa shape index (κ3) is 3.17. The highest BCUT2D eigenvalue weighted by molar-refractivity contribution is 5.80. The molecule has 1 aromatic carbocycles. The third-order valence-corrected chi connectivity index (χ3v) is 6.21. The summed E-state index contributed by atoms with van der Waals surface area (Å²) >= 11 is 0. The van der Waals surface area contributed by atoms with Crippen molar-refractivity contribution in [2.45, 2.75) is 32.9 Å². The van der Waals surface area contributed by atoms with Crippen LogP contribution in [0.5, 0.6) is 0 Å². The molecule has 1 atom stereocenters. The molecule has 0 bridgehead atoms. The van der Waals surface area contributed by atoms with E-state index in [1.54, 1.807) is 0 Å². The van der Waals surface area contributed by atoms with Crippen molar-refractivity contribution in [3.8, 4) is 11.5 Å². The zero-order chi connectivity index (χ0) is 20.0. The molecule has 0 N–H and O–H groups in total. The molecule has 0 aliphatic carbocycles. The monoisotopic (exact) mass is 389 g/mol. The highest BCUT2D eigenvalue weighted by Gasteiger charge is 2.35. The van der Waals surface area contributed by atoms with E-state index in [4.69, 9.17) is 5.10 Å². The van der Waals surface area contributed by atoms with E-state index in [2.05, 4.69) is 35.6 Å². The van der Waals surface area contributed by atoms with Crippen molar-refractivity contribution < 1.29 is 4.79 Å². The summed E-state index contributed by atoms with van der Waals surface area (Å²) in [6.07, 6.45) is 6.18. The molecular weight excluding hydrogens is 362 g/mol. The number of para-hydroxylation sites is 1. The van der Waals surface area contributed by atoms with Crippen molar-refractivity contribution in [2.75, 3.05) is 20.1 Å². The second-order valence-electron chi connectivity index (χ2n) is 8.33. The summed E-state index contributed by atoms with van der Waals surface area (Å²) < 4.78 is 4.15. The maximum Gasteiger partial charge on any atom is 0.227 e. The second-order valence-corrected chi connectivity index (χ2v) is 8.33. The minimum Gasteiger partial charge on any atom is -0.332 e. The Kier molecular flexibility index (Phi) is 4.51.